The largest absolute Gasteiger partial charge is 0.459 e. The first-order valence-corrected chi connectivity index (χ1v) is 9.82. The van der Waals surface area contributed by atoms with Crippen molar-refractivity contribution in [3.8, 4) is 0 Å². The minimum atomic E-state index is -1.20. The first kappa shape index (κ1) is 23.8. The lowest BCUT2D eigenvalue weighted by molar-refractivity contribution is -0.197. The standard InChI is InChI=1S/C21H26N2O8/c1-21(2,3)30-20(28)22-15(19(27)29-13-14-7-5-4-6-8-14)9-12-18(26)31-23-16(24)10-11-17(23)25/h4-8,15H,9-13H2,1-3H3,(H,22,28). The van der Waals surface area contributed by atoms with Gasteiger partial charge in [0.2, 0.25) is 0 Å². The van der Waals surface area contributed by atoms with Gasteiger partial charge >= 0.3 is 18.0 Å². The summed E-state index contributed by atoms with van der Waals surface area (Å²) in [6.07, 6.45) is -1.44. The van der Waals surface area contributed by atoms with Gasteiger partial charge < -0.3 is 19.6 Å². The van der Waals surface area contributed by atoms with Gasteiger partial charge in [0.1, 0.15) is 18.2 Å². The van der Waals surface area contributed by atoms with Crippen LogP contribution in [-0.4, -0.2) is 46.6 Å². The molecule has 31 heavy (non-hydrogen) atoms. The van der Waals surface area contributed by atoms with Crippen molar-refractivity contribution < 1.29 is 38.3 Å². The smallest absolute Gasteiger partial charge is 0.408 e. The Morgan fingerprint density at radius 2 is 1.68 bits per heavy atom. The molecule has 0 saturated carbocycles. The topological polar surface area (TPSA) is 128 Å². The van der Waals surface area contributed by atoms with Crippen molar-refractivity contribution >= 4 is 29.8 Å². The van der Waals surface area contributed by atoms with Crippen LogP contribution in [0.15, 0.2) is 30.3 Å². The van der Waals surface area contributed by atoms with Gasteiger partial charge in [0.05, 0.1) is 6.42 Å². The van der Waals surface area contributed by atoms with Gasteiger partial charge in [-0.05, 0) is 32.8 Å². The number of esters is 1. The van der Waals surface area contributed by atoms with Crippen molar-refractivity contribution in [1.29, 1.82) is 0 Å². The van der Waals surface area contributed by atoms with Crippen LogP contribution in [0.3, 0.4) is 0 Å². The van der Waals surface area contributed by atoms with E-state index < -0.39 is 41.5 Å². The summed E-state index contributed by atoms with van der Waals surface area (Å²) in [5, 5.41) is 2.81. The molecule has 0 radical (unpaired) electrons. The van der Waals surface area contributed by atoms with E-state index in [0.29, 0.717) is 5.06 Å². The number of nitrogens with one attached hydrogen (secondary N) is 1. The summed E-state index contributed by atoms with van der Waals surface area (Å²) in [6.45, 7) is 4.97. The molecule has 0 aliphatic carbocycles. The third kappa shape index (κ3) is 8.07. The molecular formula is C21H26N2O8. The molecule has 1 unspecified atom stereocenters. The van der Waals surface area contributed by atoms with E-state index in [1.165, 1.54) is 0 Å². The molecule has 0 bridgehead atoms. The van der Waals surface area contributed by atoms with E-state index in [4.69, 9.17) is 14.3 Å². The molecule has 3 amide bonds. The zero-order chi connectivity index (χ0) is 23.0. The van der Waals surface area contributed by atoms with Crippen LogP contribution in [0.25, 0.3) is 0 Å². The maximum atomic E-state index is 12.5. The van der Waals surface area contributed by atoms with E-state index in [9.17, 15) is 24.0 Å². The molecule has 1 saturated heterocycles. The third-order valence-corrected chi connectivity index (χ3v) is 4.04. The van der Waals surface area contributed by atoms with E-state index in [2.05, 4.69) is 5.32 Å². The van der Waals surface area contributed by atoms with Crippen LogP contribution in [0.2, 0.25) is 0 Å². The van der Waals surface area contributed by atoms with Crippen LogP contribution < -0.4 is 5.32 Å². The Bertz CT molecular complexity index is 816. The average molecular weight is 434 g/mol. The Balaban J connectivity index is 1.96. The van der Waals surface area contributed by atoms with Crippen molar-refractivity contribution in [3.63, 3.8) is 0 Å². The maximum absolute atomic E-state index is 12.5. The van der Waals surface area contributed by atoms with Gasteiger partial charge in [0.15, 0.2) is 0 Å². The SMILES string of the molecule is CC(C)(C)OC(=O)NC(CCC(=O)ON1C(=O)CCC1=O)C(=O)OCc1ccccc1. The molecule has 10 heteroatoms. The van der Waals surface area contributed by atoms with Crippen molar-refractivity contribution in [2.24, 2.45) is 0 Å². The van der Waals surface area contributed by atoms with E-state index in [-0.39, 0.29) is 32.3 Å². The van der Waals surface area contributed by atoms with Crippen LogP contribution >= 0.6 is 0 Å². The Hall–Kier alpha value is -3.43. The first-order chi connectivity index (χ1) is 14.5. The highest BCUT2D eigenvalue weighted by atomic mass is 16.7. The van der Waals surface area contributed by atoms with Gasteiger partial charge in [-0.25, -0.2) is 14.4 Å². The number of alkyl carbamates (subject to hydrolysis) is 1. The van der Waals surface area contributed by atoms with Crippen molar-refractivity contribution in [2.45, 2.75) is 64.7 Å². The molecule has 0 aromatic heterocycles. The zero-order valence-electron chi connectivity index (χ0n) is 17.7. The summed E-state index contributed by atoms with van der Waals surface area (Å²) in [7, 11) is 0. The summed E-state index contributed by atoms with van der Waals surface area (Å²) in [5.74, 6) is -2.88. The minimum Gasteiger partial charge on any atom is -0.459 e. The van der Waals surface area contributed by atoms with Gasteiger partial charge in [0, 0.05) is 12.8 Å². The number of rotatable bonds is 8. The summed E-state index contributed by atoms with van der Waals surface area (Å²) in [4.78, 5) is 64.5. The maximum Gasteiger partial charge on any atom is 0.408 e. The highest BCUT2D eigenvalue weighted by molar-refractivity contribution is 6.01. The number of benzene rings is 1. The van der Waals surface area contributed by atoms with Crippen LogP contribution in [-0.2, 0) is 40.1 Å². The molecule has 1 aromatic carbocycles. The lowest BCUT2D eigenvalue weighted by Crippen LogP contribution is -2.44. The van der Waals surface area contributed by atoms with Crippen LogP contribution in [0, 0.1) is 0 Å². The predicted molar refractivity (Wildman–Crippen MR) is 106 cm³/mol. The molecule has 168 valence electrons. The molecule has 1 N–H and O–H groups in total. The highest BCUT2D eigenvalue weighted by Gasteiger charge is 2.33. The average Bonchev–Trinajstić information content (AvgIpc) is 3.00. The van der Waals surface area contributed by atoms with Crippen LogP contribution in [0.5, 0.6) is 0 Å². The van der Waals surface area contributed by atoms with E-state index in [1.54, 1.807) is 45.0 Å². The summed E-state index contributed by atoms with van der Waals surface area (Å²) >= 11 is 0. The molecule has 1 heterocycles. The minimum absolute atomic E-state index is 0.0204. The molecule has 0 spiro atoms. The van der Waals surface area contributed by atoms with E-state index in [1.807, 2.05) is 6.07 Å². The van der Waals surface area contributed by atoms with Gasteiger partial charge in [-0.2, -0.15) is 0 Å². The lowest BCUT2D eigenvalue weighted by Gasteiger charge is -2.23. The van der Waals surface area contributed by atoms with E-state index in [0.717, 1.165) is 5.56 Å². The number of amides is 3. The second-order valence-corrected chi connectivity index (χ2v) is 7.88. The Labute approximate surface area is 179 Å². The van der Waals surface area contributed by atoms with Crippen molar-refractivity contribution in [3.05, 3.63) is 35.9 Å². The van der Waals surface area contributed by atoms with Crippen molar-refractivity contribution in [1.82, 2.24) is 10.4 Å². The number of ether oxygens (including phenoxy) is 2. The lowest BCUT2D eigenvalue weighted by atomic mass is 10.1. The fraction of sp³-hybridized carbons (Fsp3) is 0.476. The first-order valence-electron chi connectivity index (χ1n) is 9.82. The molecule has 1 aromatic rings. The molecule has 1 aliphatic rings. The summed E-state index contributed by atoms with van der Waals surface area (Å²) in [5.41, 5.74) is -0.0461. The van der Waals surface area contributed by atoms with Crippen molar-refractivity contribution in [2.75, 3.05) is 0 Å². The Morgan fingerprint density at radius 3 is 2.26 bits per heavy atom. The second-order valence-electron chi connectivity index (χ2n) is 7.88. The van der Waals surface area contributed by atoms with Gasteiger partial charge in [-0.3, -0.25) is 9.59 Å². The normalized spacial score (nSPS) is 14.7. The molecule has 2 rings (SSSR count). The monoisotopic (exact) mass is 434 g/mol. The summed E-state index contributed by atoms with van der Waals surface area (Å²) in [6, 6.07) is 7.74. The number of imide groups is 1. The highest BCUT2D eigenvalue weighted by Crippen LogP contribution is 2.14. The third-order valence-electron chi connectivity index (χ3n) is 4.04. The molecule has 1 aliphatic heterocycles. The number of hydrogen-bond acceptors (Lipinski definition) is 8. The van der Waals surface area contributed by atoms with Gasteiger partial charge in [-0.15, -0.1) is 5.06 Å². The number of carbonyl (C=O) groups excluding carboxylic acids is 5. The number of hydroxylamine groups is 2. The Morgan fingerprint density at radius 1 is 1.06 bits per heavy atom. The summed E-state index contributed by atoms with van der Waals surface area (Å²) < 4.78 is 10.4. The zero-order valence-corrected chi connectivity index (χ0v) is 17.7. The van der Waals surface area contributed by atoms with E-state index >= 15 is 0 Å². The van der Waals surface area contributed by atoms with Crippen LogP contribution in [0.1, 0.15) is 52.0 Å². The second kappa shape index (κ2) is 10.6. The predicted octanol–water partition coefficient (Wildman–Crippen LogP) is 2.01. The van der Waals surface area contributed by atoms with Gasteiger partial charge in [-0.1, -0.05) is 30.3 Å². The van der Waals surface area contributed by atoms with Gasteiger partial charge in [0.25, 0.3) is 11.8 Å². The number of hydrogen-bond donors (Lipinski definition) is 1. The number of carbonyl (C=O) groups is 5. The quantitative estimate of drug-likeness (QED) is 0.486. The molecular weight excluding hydrogens is 408 g/mol. The Kier molecular flexibility index (Phi) is 8.12. The molecule has 10 nitrogen and oxygen atoms in total. The van der Waals surface area contributed by atoms with Crippen LogP contribution in [0.4, 0.5) is 4.79 Å². The molecule has 1 fully saturated rings. The molecule has 1 atom stereocenters. The number of nitrogens with zero attached hydrogens (tertiary/aromatic N) is 1. The fourth-order valence-corrected chi connectivity index (χ4v) is 2.60. The fourth-order valence-electron chi connectivity index (χ4n) is 2.60.